The van der Waals surface area contributed by atoms with Crippen molar-refractivity contribution in [2.75, 3.05) is 4.72 Å². The van der Waals surface area contributed by atoms with Crippen LogP contribution in [-0.4, -0.2) is 19.4 Å². The average molecular weight is 460 g/mol. The number of hydrogen-bond acceptors (Lipinski definition) is 4. The molecule has 0 saturated carbocycles. The Labute approximate surface area is 187 Å². The zero-order chi connectivity index (χ0) is 23.0. The van der Waals surface area contributed by atoms with Gasteiger partial charge in [0.1, 0.15) is 0 Å². The number of sulfonamides is 1. The summed E-state index contributed by atoms with van der Waals surface area (Å²) in [4.78, 5) is 13.2. The number of pyridine rings is 1. The second-order valence-electron chi connectivity index (χ2n) is 8.25. The minimum absolute atomic E-state index is 0.0803. The van der Waals surface area contributed by atoms with Crippen LogP contribution in [0.15, 0.2) is 65.7 Å². The van der Waals surface area contributed by atoms with Gasteiger partial charge in [-0.3, -0.25) is 14.7 Å². The van der Waals surface area contributed by atoms with Crippen molar-refractivity contribution < 1.29 is 23.1 Å². The third-order valence-electron chi connectivity index (χ3n) is 4.97. The van der Waals surface area contributed by atoms with E-state index in [1.54, 1.807) is 25.1 Å². The number of hydrogen-bond donors (Lipinski definition) is 2. The van der Waals surface area contributed by atoms with Crippen LogP contribution in [0.4, 0.5) is 5.69 Å². The number of carbonyl (C=O) groups is 1. The van der Waals surface area contributed by atoms with Crippen LogP contribution in [-0.2, 0) is 15.4 Å². The SMILES string of the molecule is Cc1c(C(=O)c2cc(Cl)ccc2NS(=O)(=O)c2ccc(C(C)(C)C)cc2)ccc[n+]1O. The molecule has 3 rings (SSSR count). The molecule has 0 aliphatic carbocycles. The standard InChI is InChI=1S/C23H23ClN2O4S/c1-15-19(6-5-13-26(15)28)22(27)20-14-17(24)9-12-21(20)25-31(29,30)18-10-7-16(8-11-18)23(2,3)4/h5-14H,1-4H3,(H-,25,27,28)/p+1. The number of aromatic nitrogens is 1. The normalized spacial score (nSPS) is 11.9. The summed E-state index contributed by atoms with van der Waals surface area (Å²) in [5.41, 5.74) is 1.62. The van der Waals surface area contributed by atoms with Crippen LogP contribution < -0.4 is 9.45 Å². The molecule has 0 spiro atoms. The lowest BCUT2D eigenvalue weighted by atomic mass is 9.87. The molecule has 1 aromatic heterocycles. The molecular weight excluding hydrogens is 436 g/mol. The fourth-order valence-electron chi connectivity index (χ4n) is 3.09. The highest BCUT2D eigenvalue weighted by atomic mass is 35.5. The van der Waals surface area contributed by atoms with E-state index in [2.05, 4.69) is 4.72 Å². The summed E-state index contributed by atoms with van der Waals surface area (Å²) < 4.78 is 29.3. The lowest BCUT2D eigenvalue weighted by Gasteiger charge is -2.19. The predicted molar refractivity (Wildman–Crippen MR) is 119 cm³/mol. The van der Waals surface area contributed by atoms with E-state index in [9.17, 15) is 18.4 Å². The first-order valence-electron chi connectivity index (χ1n) is 9.58. The first-order chi connectivity index (χ1) is 14.4. The Bertz CT molecular complexity index is 1250. The van der Waals surface area contributed by atoms with Crippen LogP contribution in [0.1, 0.15) is 48.0 Å². The largest absolute Gasteiger partial charge is 0.288 e. The number of halogens is 1. The van der Waals surface area contributed by atoms with Crippen molar-refractivity contribution >= 4 is 33.1 Å². The van der Waals surface area contributed by atoms with E-state index in [0.717, 1.165) is 10.3 Å². The van der Waals surface area contributed by atoms with Gasteiger partial charge < -0.3 is 0 Å². The van der Waals surface area contributed by atoms with Gasteiger partial charge in [0.25, 0.3) is 10.0 Å². The molecule has 31 heavy (non-hydrogen) atoms. The fraction of sp³-hybridized carbons (Fsp3) is 0.217. The van der Waals surface area contributed by atoms with Gasteiger partial charge in [0.15, 0.2) is 0 Å². The molecule has 2 N–H and O–H groups in total. The van der Waals surface area contributed by atoms with E-state index in [4.69, 9.17) is 11.6 Å². The van der Waals surface area contributed by atoms with Gasteiger partial charge in [-0.25, -0.2) is 8.42 Å². The van der Waals surface area contributed by atoms with E-state index < -0.39 is 15.8 Å². The molecule has 0 aliphatic heterocycles. The van der Waals surface area contributed by atoms with Crippen LogP contribution >= 0.6 is 11.6 Å². The maximum absolute atomic E-state index is 13.2. The second-order valence-corrected chi connectivity index (χ2v) is 10.4. The molecule has 0 radical (unpaired) electrons. The first-order valence-corrected chi connectivity index (χ1v) is 11.4. The molecule has 0 aliphatic rings. The summed E-state index contributed by atoms with van der Waals surface area (Å²) in [6, 6.07) is 14.0. The molecular formula is C23H24ClN2O4S+. The monoisotopic (exact) mass is 459 g/mol. The first kappa shape index (κ1) is 22.8. The zero-order valence-corrected chi connectivity index (χ0v) is 19.3. The van der Waals surface area contributed by atoms with Gasteiger partial charge in [-0.15, -0.1) is 0 Å². The summed E-state index contributed by atoms with van der Waals surface area (Å²) in [5, 5.41) is 10.1. The Balaban J connectivity index is 2.00. The van der Waals surface area contributed by atoms with E-state index >= 15 is 0 Å². The molecule has 3 aromatic rings. The van der Waals surface area contributed by atoms with E-state index in [-0.39, 0.29) is 32.1 Å². The summed E-state index contributed by atoms with van der Waals surface area (Å²) in [6.07, 6.45) is 1.40. The van der Waals surface area contributed by atoms with Crippen LogP contribution in [0.2, 0.25) is 5.02 Å². The van der Waals surface area contributed by atoms with Crippen molar-refractivity contribution in [1.29, 1.82) is 0 Å². The Morgan fingerprint density at radius 3 is 2.29 bits per heavy atom. The molecule has 2 aromatic carbocycles. The summed E-state index contributed by atoms with van der Waals surface area (Å²) in [6.45, 7) is 7.71. The molecule has 6 nitrogen and oxygen atoms in total. The third kappa shape index (κ3) is 4.89. The summed E-state index contributed by atoms with van der Waals surface area (Å²) >= 11 is 6.08. The van der Waals surface area contributed by atoms with Crippen molar-refractivity contribution in [2.45, 2.75) is 38.0 Å². The van der Waals surface area contributed by atoms with Crippen molar-refractivity contribution in [3.05, 3.63) is 88.2 Å². The number of carbonyl (C=O) groups excluding carboxylic acids is 1. The van der Waals surface area contributed by atoms with E-state index in [1.165, 1.54) is 42.6 Å². The number of benzene rings is 2. The number of ketones is 1. The molecule has 162 valence electrons. The van der Waals surface area contributed by atoms with Crippen molar-refractivity contribution in [2.24, 2.45) is 0 Å². The Hall–Kier alpha value is -2.90. The Morgan fingerprint density at radius 1 is 1.03 bits per heavy atom. The molecule has 0 fully saturated rings. The smallest absolute Gasteiger partial charge is 0.261 e. The number of rotatable bonds is 5. The number of anilines is 1. The molecule has 0 unspecified atom stereocenters. The minimum atomic E-state index is -3.94. The molecule has 1 heterocycles. The highest BCUT2D eigenvalue weighted by Gasteiger charge is 2.24. The molecule has 8 heteroatoms. The third-order valence-corrected chi connectivity index (χ3v) is 6.59. The van der Waals surface area contributed by atoms with Gasteiger partial charge in [0.05, 0.1) is 16.1 Å². The average Bonchev–Trinajstić information content (AvgIpc) is 2.70. The van der Waals surface area contributed by atoms with Crippen LogP contribution in [0.5, 0.6) is 0 Å². The van der Waals surface area contributed by atoms with Gasteiger partial charge in [0.2, 0.25) is 17.7 Å². The number of nitrogens with zero attached hydrogens (tertiary/aromatic N) is 1. The highest BCUT2D eigenvalue weighted by Crippen LogP contribution is 2.28. The molecule has 0 atom stereocenters. The van der Waals surface area contributed by atoms with Gasteiger partial charge in [-0.05, 0) is 47.4 Å². The van der Waals surface area contributed by atoms with Gasteiger partial charge in [-0.1, -0.05) is 44.5 Å². The van der Waals surface area contributed by atoms with Crippen LogP contribution in [0, 0.1) is 6.92 Å². The zero-order valence-electron chi connectivity index (χ0n) is 17.7. The predicted octanol–water partition coefficient (Wildman–Crippen LogP) is 4.50. The second kappa shape index (κ2) is 8.32. The van der Waals surface area contributed by atoms with Gasteiger partial charge in [-0.2, -0.15) is 0 Å². The van der Waals surface area contributed by atoms with Crippen molar-refractivity contribution in [3.63, 3.8) is 0 Å². The molecule has 0 saturated heterocycles. The maximum Gasteiger partial charge on any atom is 0.261 e. The fourth-order valence-corrected chi connectivity index (χ4v) is 4.34. The molecule has 0 bridgehead atoms. The lowest BCUT2D eigenvalue weighted by Crippen LogP contribution is -2.35. The van der Waals surface area contributed by atoms with Crippen molar-refractivity contribution in [1.82, 2.24) is 0 Å². The quantitative estimate of drug-likeness (QED) is 0.334. The van der Waals surface area contributed by atoms with E-state index in [1.807, 2.05) is 20.8 Å². The molecule has 0 amide bonds. The van der Waals surface area contributed by atoms with Crippen molar-refractivity contribution in [3.8, 4) is 0 Å². The van der Waals surface area contributed by atoms with E-state index in [0.29, 0.717) is 5.69 Å². The van der Waals surface area contributed by atoms with Crippen LogP contribution in [0.3, 0.4) is 0 Å². The maximum atomic E-state index is 13.2. The van der Waals surface area contributed by atoms with Gasteiger partial charge in [0, 0.05) is 28.3 Å². The van der Waals surface area contributed by atoms with Gasteiger partial charge >= 0.3 is 0 Å². The topological polar surface area (TPSA) is 87.4 Å². The highest BCUT2D eigenvalue weighted by molar-refractivity contribution is 7.92. The Morgan fingerprint density at radius 2 is 1.68 bits per heavy atom. The number of nitrogens with one attached hydrogen (secondary N) is 1. The van der Waals surface area contributed by atoms with Crippen LogP contribution in [0.25, 0.3) is 0 Å². The lowest BCUT2D eigenvalue weighted by molar-refractivity contribution is -0.908. The Kier molecular flexibility index (Phi) is 6.11. The minimum Gasteiger partial charge on any atom is -0.288 e. The summed E-state index contributed by atoms with van der Waals surface area (Å²) in [7, 11) is -3.94. The summed E-state index contributed by atoms with van der Waals surface area (Å²) in [5.74, 6) is -0.468.